The van der Waals surface area contributed by atoms with E-state index in [4.69, 9.17) is 0 Å². The Morgan fingerprint density at radius 1 is 1.23 bits per heavy atom. The summed E-state index contributed by atoms with van der Waals surface area (Å²) in [6, 6.07) is 6.16. The zero-order valence-corrected chi connectivity index (χ0v) is 18.0. The molecule has 3 aromatic rings. The van der Waals surface area contributed by atoms with Gasteiger partial charge in [0.15, 0.2) is 0 Å². The summed E-state index contributed by atoms with van der Waals surface area (Å²) in [7, 11) is 0. The number of aliphatic hydroxyl groups is 1. The maximum Gasteiger partial charge on any atom is 0.140 e. The highest BCUT2D eigenvalue weighted by molar-refractivity contribution is 5.96. The number of nitrogens with one attached hydrogen (secondary N) is 3. The average molecular weight is 414 g/mol. The molecule has 4 rings (SSSR count). The number of aryl methyl sites for hydroxylation is 1. The lowest BCUT2D eigenvalue weighted by Crippen LogP contribution is -2.54. The van der Waals surface area contributed by atoms with Crippen molar-refractivity contribution < 1.29 is 13.9 Å². The third-order valence-electron chi connectivity index (χ3n) is 6.02. The number of rotatable bonds is 4. The molecule has 0 spiro atoms. The van der Waals surface area contributed by atoms with Crippen molar-refractivity contribution in [3.63, 3.8) is 0 Å². The lowest BCUT2D eigenvalue weighted by atomic mass is 9.80. The molecule has 1 aliphatic rings. The number of aliphatic hydroxyl groups excluding tert-OH is 1. The van der Waals surface area contributed by atoms with Gasteiger partial charge in [-0.15, -0.1) is 0 Å². The summed E-state index contributed by atoms with van der Waals surface area (Å²) in [6.45, 7) is 10.3. The van der Waals surface area contributed by atoms with Crippen LogP contribution in [0.1, 0.15) is 44.9 Å². The normalized spacial score (nSPS) is 20.4. The maximum atomic E-state index is 16.0. The number of hydrogen-bond acceptors (Lipinski definition) is 3. The molecule has 0 unspecified atom stereocenters. The zero-order valence-electron chi connectivity index (χ0n) is 18.0. The van der Waals surface area contributed by atoms with E-state index >= 15 is 8.78 Å². The number of H-pyrrole nitrogens is 1. The number of anilines is 1. The molecule has 0 amide bonds. The van der Waals surface area contributed by atoms with Crippen LogP contribution in [0.4, 0.5) is 14.5 Å². The minimum absolute atomic E-state index is 0.0775. The first kappa shape index (κ1) is 20.8. The van der Waals surface area contributed by atoms with Crippen LogP contribution < -0.4 is 10.6 Å². The van der Waals surface area contributed by atoms with E-state index in [9.17, 15) is 5.11 Å². The fraction of sp³-hybridized carbons (Fsp3) is 0.417. The second kappa shape index (κ2) is 7.36. The number of aromatic amines is 1. The molecule has 0 aliphatic carbocycles. The monoisotopic (exact) mass is 413 g/mol. The van der Waals surface area contributed by atoms with Crippen LogP contribution in [0.3, 0.4) is 0 Å². The summed E-state index contributed by atoms with van der Waals surface area (Å²) < 4.78 is 31.3. The van der Waals surface area contributed by atoms with Gasteiger partial charge in [0, 0.05) is 28.4 Å². The molecule has 4 nitrogen and oxygen atoms in total. The molecule has 30 heavy (non-hydrogen) atoms. The van der Waals surface area contributed by atoms with Crippen molar-refractivity contribution in [3.05, 3.63) is 53.2 Å². The lowest BCUT2D eigenvalue weighted by molar-refractivity contribution is 0.0658. The summed E-state index contributed by atoms with van der Waals surface area (Å²) in [5, 5.41) is 18.4. The molecule has 2 atom stereocenters. The van der Waals surface area contributed by atoms with Crippen LogP contribution in [0, 0.1) is 24.5 Å². The minimum Gasteiger partial charge on any atom is -0.389 e. The second-order valence-corrected chi connectivity index (χ2v) is 9.28. The SMILES string of the molecule is Cc1c[nH]c2c(-c3c(F)cc4c(c3F)[C@H](NCC(C)C)[C@@H](O)C(C)(C)N4)cccc12. The van der Waals surface area contributed by atoms with Crippen molar-refractivity contribution in [1.82, 2.24) is 10.3 Å². The Bertz CT molecular complexity index is 1100. The number of fused-ring (bicyclic) bond motifs is 2. The van der Waals surface area contributed by atoms with Gasteiger partial charge in [-0.2, -0.15) is 0 Å². The van der Waals surface area contributed by atoms with E-state index in [0.29, 0.717) is 29.2 Å². The van der Waals surface area contributed by atoms with Crippen LogP contribution in [0.15, 0.2) is 30.5 Å². The first-order valence-corrected chi connectivity index (χ1v) is 10.4. The zero-order chi connectivity index (χ0) is 21.8. The standard InChI is InChI=1S/C24H29F2N3O/c1-12(2)10-27-22-19-17(29-24(4,5)23(22)30)9-16(25)18(20(19)26)15-8-6-7-14-13(3)11-28-21(14)15/h6-9,11-12,22-23,27-30H,10H2,1-5H3/t22-,23+/m0/s1. The predicted octanol–water partition coefficient (Wildman–Crippen LogP) is 5.27. The topological polar surface area (TPSA) is 60.1 Å². The number of para-hydroxylation sites is 1. The summed E-state index contributed by atoms with van der Waals surface area (Å²) in [6.07, 6.45) is 0.948. The second-order valence-electron chi connectivity index (χ2n) is 9.28. The van der Waals surface area contributed by atoms with E-state index in [1.165, 1.54) is 6.07 Å². The smallest absolute Gasteiger partial charge is 0.140 e. The Labute approximate surface area is 175 Å². The Hall–Kier alpha value is -2.44. The van der Waals surface area contributed by atoms with Crippen molar-refractivity contribution in [2.45, 2.75) is 52.3 Å². The quantitative estimate of drug-likeness (QED) is 0.471. The molecule has 0 saturated heterocycles. The van der Waals surface area contributed by atoms with E-state index in [1.807, 2.05) is 52.9 Å². The lowest BCUT2D eigenvalue weighted by Gasteiger charge is -2.44. The fourth-order valence-corrected chi connectivity index (χ4v) is 4.36. The molecule has 0 saturated carbocycles. The first-order chi connectivity index (χ1) is 14.1. The third kappa shape index (κ3) is 3.28. The van der Waals surface area contributed by atoms with E-state index in [2.05, 4.69) is 15.6 Å². The van der Waals surface area contributed by atoms with E-state index in [1.54, 1.807) is 6.07 Å². The molecule has 0 radical (unpaired) electrons. The number of benzene rings is 2. The van der Waals surface area contributed by atoms with Gasteiger partial charge in [-0.1, -0.05) is 32.0 Å². The van der Waals surface area contributed by atoms with Crippen molar-refractivity contribution in [1.29, 1.82) is 0 Å². The molecule has 0 fully saturated rings. The largest absolute Gasteiger partial charge is 0.389 e. The molecule has 0 bridgehead atoms. The highest BCUT2D eigenvalue weighted by atomic mass is 19.1. The van der Waals surface area contributed by atoms with Crippen molar-refractivity contribution in [2.24, 2.45) is 5.92 Å². The van der Waals surface area contributed by atoms with Crippen LogP contribution in [0.5, 0.6) is 0 Å². The van der Waals surface area contributed by atoms with Crippen LogP contribution >= 0.6 is 0 Å². The molecule has 2 heterocycles. The first-order valence-electron chi connectivity index (χ1n) is 10.4. The van der Waals surface area contributed by atoms with Crippen LogP contribution in [0.2, 0.25) is 0 Å². The van der Waals surface area contributed by atoms with E-state index < -0.39 is 29.3 Å². The van der Waals surface area contributed by atoms with Gasteiger partial charge in [0.2, 0.25) is 0 Å². The average Bonchev–Trinajstić information content (AvgIpc) is 3.04. The van der Waals surface area contributed by atoms with Gasteiger partial charge in [0.25, 0.3) is 0 Å². The molecular formula is C24H29F2N3O. The Kier molecular flexibility index (Phi) is 5.11. The minimum atomic E-state index is -0.889. The Morgan fingerprint density at radius 2 is 1.97 bits per heavy atom. The van der Waals surface area contributed by atoms with Crippen LogP contribution in [-0.2, 0) is 0 Å². The molecule has 6 heteroatoms. The molecule has 4 N–H and O–H groups in total. The van der Waals surface area contributed by atoms with Gasteiger partial charge in [-0.25, -0.2) is 8.78 Å². The molecule has 2 aromatic carbocycles. The summed E-state index contributed by atoms with van der Waals surface area (Å²) in [4.78, 5) is 3.15. The molecule has 1 aromatic heterocycles. The van der Waals surface area contributed by atoms with Crippen LogP contribution in [-0.4, -0.2) is 28.3 Å². The predicted molar refractivity (Wildman–Crippen MR) is 118 cm³/mol. The summed E-state index contributed by atoms with van der Waals surface area (Å²) in [5.74, 6) is -0.960. The van der Waals surface area contributed by atoms with Gasteiger partial charge in [0.05, 0.1) is 28.8 Å². The fourth-order valence-electron chi connectivity index (χ4n) is 4.36. The molecule has 160 valence electrons. The van der Waals surface area contributed by atoms with Crippen LogP contribution in [0.25, 0.3) is 22.0 Å². The molecule has 1 aliphatic heterocycles. The van der Waals surface area contributed by atoms with E-state index in [0.717, 1.165) is 10.9 Å². The summed E-state index contributed by atoms with van der Waals surface area (Å²) in [5.41, 5.74) is 2.02. The van der Waals surface area contributed by atoms with Gasteiger partial charge in [0.1, 0.15) is 11.6 Å². The van der Waals surface area contributed by atoms with Crippen molar-refractivity contribution in [2.75, 3.05) is 11.9 Å². The highest BCUT2D eigenvalue weighted by Gasteiger charge is 2.43. The number of hydrogen-bond donors (Lipinski definition) is 4. The third-order valence-corrected chi connectivity index (χ3v) is 6.02. The summed E-state index contributed by atoms with van der Waals surface area (Å²) >= 11 is 0. The Balaban J connectivity index is 1.94. The Morgan fingerprint density at radius 3 is 2.67 bits per heavy atom. The van der Waals surface area contributed by atoms with Gasteiger partial charge >= 0.3 is 0 Å². The molecular weight excluding hydrogens is 384 g/mol. The number of halogens is 2. The van der Waals surface area contributed by atoms with Crippen molar-refractivity contribution >= 4 is 16.6 Å². The van der Waals surface area contributed by atoms with Gasteiger partial charge in [-0.3, -0.25) is 0 Å². The van der Waals surface area contributed by atoms with E-state index in [-0.39, 0.29) is 11.1 Å². The number of aromatic nitrogens is 1. The van der Waals surface area contributed by atoms with Gasteiger partial charge < -0.3 is 20.7 Å². The highest BCUT2D eigenvalue weighted by Crippen LogP contribution is 2.44. The van der Waals surface area contributed by atoms with Gasteiger partial charge in [-0.05, 0) is 44.9 Å². The maximum absolute atomic E-state index is 16.0. The van der Waals surface area contributed by atoms with Crippen molar-refractivity contribution in [3.8, 4) is 11.1 Å².